The number of carbonyl (C=O) groups is 2. The average Bonchev–Trinajstić information content (AvgIpc) is 2.97. The van der Waals surface area contributed by atoms with E-state index in [1.54, 1.807) is 35.2 Å². The van der Waals surface area contributed by atoms with Crippen LogP contribution in [0.25, 0.3) is 10.9 Å². The number of nitrogens with zero attached hydrogens (tertiary/aromatic N) is 3. The van der Waals surface area contributed by atoms with Crippen molar-refractivity contribution in [3.8, 4) is 11.5 Å². The third kappa shape index (κ3) is 6.00. The zero-order valence-corrected chi connectivity index (χ0v) is 23.0. The molecule has 208 valence electrons. The van der Waals surface area contributed by atoms with Crippen LogP contribution in [0.2, 0.25) is 0 Å². The molecule has 1 fully saturated rings. The summed E-state index contributed by atoms with van der Waals surface area (Å²) in [6, 6.07) is 9.94. The molecule has 2 aromatic carbocycles. The standard InChI is InChI=1S/C29H36N4O6/c1-5-19(2)30-27(35)21-11-9-20(10-12-21)17-33-28(36)22-15-24(38-3)25(39-4)16-23(22)32(29(33)37)18-26(34)31-13-7-6-8-14-31/h9-12,15-16,19H,5-8,13-14,17-18H2,1-4H3,(H,30,35)/t19-/m0/s1. The van der Waals surface area contributed by atoms with Crippen molar-refractivity contribution >= 4 is 22.7 Å². The summed E-state index contributed by atoms with van der Waals surface area (Å²) in [6.45, 7) is 5.02. The first-order valence-corrected chi connectivity index (χ1v) is 13.3. The Morgan fingerprint density at radius 2 is 1.59 bits per heavy atom. The lowest BCUT2D eigenvalue weighted by Crippen LogP contribution is -2.44. The number of amides is 2. The maximum absolute atomic E-state index is 13.7. The van der Waals surface area contributed by atoms with E-state index in [2.05, 4.69) is 5.32 Å². The number of hydrogen-bond acceptors (Lipinski definition) is 6. The molecule has 1 aliphatic heterocycles. The van der Waals surface area contributed by atoms with Crippen LogP contribution in [0.3, 0.4) is 0 Å². The number of carbonyl (C=O) groups excluding carboxylic acids is 2. The van der Waals surface area contributed by atoms with Gasteiger partial charge in [-0.1, -0.05) is 19.1 Å². The molecular formula is C29H36N4O6. The Bertz CT molecular complexity index is 1470. The lowest BCUT2D eigenvalue weighted by Gasteiger charge is -2.27. The molecule has 10 nitrogen and oxygen atoms in total. The van der Waals surface area contributed by atoms with Crippen LogP contribution in [0.5, 0.6) is 11.5 Å². The Labute approximate surface area is 227 Å². The number of benzene rings is 2. The van der Waals surface area contributed by atoms with Crippen molar-refractivity contribution < 1.29 is 19.1 Å². The molecule has 2 heterocycles. The number of nitrogens with one attached hydrogen (secondary N) is 1. The van der Waals surface area contributed by atoms with Gasteiger partial charge in [0.1, 0.15) is 6.54 Å². The number of ether oxygens (including phenoxy) is 2. The fourth-order valence-electron chi connectivity index (χ4n) is 4.77. The lowest BCUT2D eigenvalue weighted by atomic mass is 10.1. The number of fused-ring (bicyclic) bond motifs is 1. The monoisotopic (exact) mass is 536 g/mol. The quantitative estimate of drug-likeness (QED) is 0.450. The van der Waals surface area contributed by atoms with E-state index in [0.29, 0.717) is 41.2 Å². The van der Waals surface area contributed by atoms with E-state index in [9.17, 15) is 19.2 Å². The Kier molecular flexibility index (Phi) is 8.73. The number of aromatic nitrogens is 2. The van der Waals surface area contributed by atoms with Crippen molar-refractivity contribution in [3.63, 3.8) is 0 Å². The van der Waals surface area contributed by atoms with Crippen LogP contribution in [0.15, 0.2) is 46.0 Å². The van der Waals surface area contributed by atoms with Gasteiger partial charge in [0.05, 0.1) is 31.7 Å². The highest BCUT2D eigenvalue weighted by Crippen LogP contribution is 2.30. The highest BCUT2D eigenvalue weighted by Gasteiger charge is 2.22. The SMILES string of the molecule is CC[C@H](C)NC(=O)c1ccc(Cn2c(=O)c3cc(OC)c(OC)cc3n(CC(=O)N3CCCCC3)c2=O)cc1. The molecular weight excluding hydrogens is 500 g/mol. The topological polar surface area (TPSA) is 112 Å². The molecule has 1 atom stereocenters. The molecule has 10 heteroatoms. The van der Waals surface area contributed by atoms with E-state index in [4.69, 9.17) is 9.47 Å². The summed E-state index contributed by atoms with van der Waals surface area (Å²) in [4.78, 5) is 54.7. The summed E-state index contributed by atoms with van der Waals surface area (Å²) in [7, 11) is 2.94. The van der Waals surface area contributed by atoms with Gasteiger partial charge in [0.25, 0.3) is 11.5 Å². The Morgan fingerprint density at radius 1 is 0.949 bits per heavy atom. The normalized spacial score (nSPS) is 14.2. The Morgan fingerprint density at radius 3 is 2.21 bits per heavy atom. The number of likely N-dealkylation sites (tertiary alicyclic amines) is 1. The van der Waals surface area contributed by atoms with Crippen molar-refractivity contribution in [2.24, 2.45) is 0 Å². The predicted octanol–water partition coefficient (Wildman–Crippen LogP) is 2.77. The summed E-state index contributed by atoms with van der Waals surface area (Å²) in [5, 5.41) is 3.16. The maximum Gasteiger partial charge on any atom is 0.332 e. The summed E-state index contributed by atoms with van der Waals surface area (Å²) in [6.07, 6.45) is 3.75. The summed E-state index contributed by atoms with van der Waals surface area (Å²) in [5.41, 5.74) is 0.371. The molecule has 1 saturated heterocycles. The minimum absolute atomic E-state index is 0.0207. The van der Waals surface area contributed by atoms with E-state index in [1.807, 2.05) is 13.8 Å². The third-order valence-electron chi connectivity index (χ3n) is 7.28. The zero-order chi connectivity index (χ0) is 28.1. The average molecular weight is 537 g/mol. The molecule has 0 radical (unpaired) electrons. The second-order valence-electron chi connectivity index (χ2n) is 9.91. The van der Waals surface area contributed by atoms with Gasteiger partial charge in [0.15, 0.2) is 11.5 Å². The van der Waals surface area contributed by atoms with Crippen LogP contribution < -0.4 is 26.0 Å². The van der Waals surface area contributed by atoms with Crippen molar-refractivity contribution in [1.82, 2.24) is 19.4 Å². The van der Waals surface area contributed by atoms with Crippen molar-refractivity contribution in [2.75, 3.05) is 27.3 Å². The molecule has 2 amide bonds. The molecule has 4 rings (SSSR count). The molecule has 1 N–H and O–H groups in total. The van der Waals surface area contributed by atoms with E-state index in [1.165, 1.54) is 24.9 Å². The number of hydrogen-bond donors (Lipinski definition) is 1. The van der Waals surface area contributed by atoms with Crippen LogP contribution in [-0.2, 0) is 17.9 Å². The first-order chi connectivity index (χ1) is 18.8. The molecule has 1 aromatic heterocycles. The van der Waals surface area contributed by atoms with Crippen molar-refractivity contribution in [3.05, 3.63) is 68.4 Å². The smallest absolute Gasteiger partial charge is 0.332 e. The van der Waals surface area contributed by atoms with Crippen LogP contribution in [0.1, 0.15) is 55.5 Å². The van der Waals surface area contributed by atoms with Gasteiger partial charge in [-0.2, -0.15) is 0 Å². The number of methoxy groups -OCH3 is 2. The zero-order valence-electron chi connectivity index (χ0n) is 23.0. The summed E-state index contributed by atoms with van der Waals surface area (Å²) >= 11 is 0. The first-order valence-electron chi connectivity index (χ1n) is 13.3. The molecule has 0 saturated carbocycles. The van der Waals surface area contributed by atoms with Crippen LogP contribution >= 0.6 is 0 Å². The molecule has 0 aliphatic carbocycles. The maximum atomic E-state index is 13.7. The molecule has 3 aromatic rings. The highest BCUT2D eigenvalue weighted by molar-refractivity contribution is 5.94. The molecule has 0 bridgehead atoms. The first kappa shape index (κ1) is 27.9. The van der Waals surface area contributed by atoms with E-state index >= 15 is 0 Å². The Hall–Kier alpha value is -4.08. The minimum atomic E-state index is -0.594. The van der Waals surface area contributed by atoms with Gasteiger partial charge < -0.3 is 19.7 Å². The predicted molar refractivity (Wildman–Crippen MR) is 149 cm³/mol. The van der Waals surface area contributed by atoms with Gasteiger partial charge >= 0.3 is 5.69 Å². The lowest BCUT2D eigenvalue weighted by molar-refractivity contribution is -0.132. The van der Waals surface area contributed by atoms with E-state index in [0.717, 1.165) is 30.3 Å². The van der Waals surface area contributed by atoms with Gasteiger partial charge in [-0.3, -0.25) is 23.5 Å². The van der Waals surface area contributed by atoms with E-state index in [-0.39, 0.29) is 36.3 Å². The fraction of sp³-hybridized carbons (Fsp3) is 0.448. The number of piperidine rings is 1. The van der Waals surface area contributed by atoms with Crippen LogP contribution in [0.4, 0.5) is 0 Å². The third-order valence-corrected chi connectivity index (χ3v) is 7.28. The summed E-state index contributed by atoms with van der Waals surface area (Å²) < 4.78 is 13.3. The summed E-state index contributed by atoms with van der Waals surface area (Å²) in [5.74, 6) is 0.345. The molecule has 1 aliphatic rings. The molecule has 0 unspecified atom stereocenters. The minimum Gasteiger partial charge on any atom is -0.493 e. The van der Waals surface area contributed by atoms with Crippen LogP contribution in [-0.4, -0.2) is 59.2 Å². The van der Waals surface area contributed by atoms with Gasteiger partial charge in [-0.15, -0.1) is 0 Å². The highest BCUT2D eigenvalue weighted by atomic mass is 16.5. The van der Waals surface area contributed by atoms with Crippen molar-refractivity contribution in [1.29, 1.82) is 0 Å². The largest absolute Gasteiger partial charge is 0.493 e. The molecule has 0 spiro atoms. The van der Waals surface area contributed by atoms with Crippen LogP contribution in [0, 0.1) is 0 Å². The Balaban J connectivity index is 1.76. The number of rotatable bonds is 9. The second kappa shape index (κ2) is 12.2. The van der Waals surface area contributed by atoms with Crippen molar-refractivity contribution in [2.45, 2.75) is 58.7 Å². The van der Waals surface area contributed by atoms with Gasteiger partial charge in [0, 0.05) is 30.8 Å². The fourth-order valence-corrected chi connectivity index (χ4v) is 4.77. The second-order valence-corrected chi connectivity index (χ2v) is 9.91. The molecule has 39 heavy (non-hydrogen) atoms. The van der Waals surface area contributed by atoms with Gasteiger partial charge in [0.2, 0.25) is 5.91 Å². The van der Waals surface area contributed by atoms with Gasteiger partial charge in [-0.25, -0.2) is 4.79 Å². The van der Waals surface area contributed by atoms with E-state index < -0.39 is 11.2 Å². The van der Waals surface area contributed by atoms with Gasteiger partial charge in [-0.05, 0) is 56.4 Å².